The van der Waals surface area contributed by atoms with Gasteiger partial charge in [0.1, 0.15) is 6.29 Å². The fourth-order valence-electron chi connectivity index (χ4n) is 1.40. The predicted molar refractivity (Wildman–Crippen MR) is 52.5 cm³/mol. The van der Waals surface area contributed by atoms with Crippen molar-refractivity contribution in [3.63, 3.8) is 0 Å². The van der Waals surface area contributed by atoms with Crippen LogP contribution >= 0.6 is 0 Å². The number of carbonyl (C=O) groups is 1. The van der Waals surface area contributed by atoms with E-state index >= 15 is 0 Å². The summed E-state index contributed by atoms with van der Waals surface area (Å²) in [7, 11) is 0. The first-order chi connectivity index (χ1) is 6.20. The molecule has 0 saturated carbocycles. The largest absolute Gasteiger partial charge is 0.299 e. The van der Waals surface area contributed by atoms with E-state index in [0.29, 0.717) is 0 Å². The third-order valence-corrected chi connectivity index (χ3v) is 2.08. The second kappa shape index (κ2) is 4.03. The standard InChI is InChI=1S/C10H14N2O/c1-4-12-9(3)10(6-5-7-13)8(2)11-12/h5-7H,4H2,1-3H3/b6-5+. The van der Waals surface area contributed by atoms with Crippen LogP contribution in [-0.4, -0.2) is 16.1 Å². The zero-order valence-corrected chi connectivity index (χ0v) is 8.24. The molecule has 0 saturated heterocycles. The Labute approximate surface area is 78.1 Å². The van der Waals surface area contributed by atoms with E-state index in [1.807, 2.05) is 25.5 Å². The molecule has 0 bridgehead atoms. The maximum Gasteiger partial charge on any atom is 0.142 e. The minimum atomic E-state index is 0.780. The van der Waals surface area contributed by atoms with Gasteiger partial charge in [0, 0.05) is 17.8 Å². The third kappa shape index (κ3) is 1.86. The number of hydrogen-bond acceptors (Lipinski definition) is 2. The number of rotatable bonds is 3. The van der Waals surface area contributed by atoms with E-state index in [2.05, 4.69) is 5.10 Å². The van der Waals surface area contributed by atoms with Crippen LogP contribution in [0.2, 0.25) is 0 Å². The molecule has 0 aromatic carbocycles. The summed E-state index contributed by atoms with van der Waals surface area (Å²) in [6, 6.07) is 0. The van der Waals surface area contributed by atoms with Gasteiger partial charge in [0.15, 0.2) is 0 Å². The summed E-state index contributed by atoms with van der Waals surface area (Å²) in [5.41, 5.74) is 3.13. The van der Waals surface area contributed by atoms with Crippen LogP contribution in [0.4, 0.5) is 0 Å². The molecule has 0 amide bonds. The summed E-state index contributed by atoms with van der Waals surface area (Å²) in [6.45, 7) is 6.87. The number of nitrogens with zero attached hydrogens (tertiary/aromatic N) is 2. The van der Waals surface area contributed by atoms with Crippen molar-refractivity contribution in [3.05, 3.63) is 23.0 Å². The van der Waals surface area contributed by atoms with Gasteiger partial charge in [-0.25, -0.2) is 0 Å². The zero-order valence-electron chi connectivity index (χ0n) is 8.24. The maximum atomic E-state index is 10.2. The Morgan fingerprint density at radius 1 is 1.46 bits per heavy atom. The fourth-order valence-corrected chi connectivity index (χ4v) is 1.40. The second-order valence-electron chi connectivity index (χ2n) is 2.90. The Kier molecular flexibility index (Phi) is 3.01. The van der Waals surface area contributed by atoms with Crippen molar-refractivity contribution in [1.29, 1.82) is 0 Å². The van der Waals surface area contributed by atoms with Crippen LogP contribution < -0.4 is 0 Å². The molecule has 1 heterocycles. The van der Waals surface area contributed by atoms with E-state index < -0.39 is 0 Å². The zero-order chi connectivity index (χ0) is 9.84. The molecule has 0 unspecified atom stereocenters. The Morgan fingerprint density at radius 2 is 2.15 bits per heavy atom. The quantitative estimate of drug-likeness (QED) is 0.522. The molecule has 1 rings (SSSR count). The van der Waals surface area contributed by atoms with Gasteiger partial charge >= 0.3 is 0 Å². The summed E-state index contributed by atoms with van der Waals surface area (Å²) in [5.74, 6) is 0. The predicted octanol–water partition coefficient (Wildman–Crippen LogP) is 1.73. The lowest BCUT2D eigenvalue weighted by molar-refractivity contribution is -0.104. The first kappa shape index (κ1) is 9.71. The van der Waals surface area contributed by atoms with Crippen LogP contribution in [0.1, 0.15) is 23.9 Å². The summed E-state index contributed by atoms with van der Waals surface area (Å²) >= 11 is 0. The molecule has 0 aliphatic heterocycles. The van der Waals surface area contributed by atoms with Crippen molar-refractivity contribution in [2.75, 3.05) is 0 Å². The highest BCUT2D eigenvalue weighted by molar-refractivity contribution is 5.74. The minimum Gasteiger partial charge on any atom is -0.299 e. The Morgan fingerprint density at radius 3 is 2.62 bits per heavy atom. The highest BCUT2D eigenvalue weighted by Crippen LogP contribution is 2.14. The van der Waals surface area contributed by atoms with Crippen LogP contribution in [0, 0.1) is 13.8 Å². The first-order valence-corrected chi connectivity index (χ1v) is 4.36. The van der Waals surface area contributed by atoms with Crippen molar-refractivity contribution in [1.82, 2.24) is 9.78 Å². The molecule has 13 heavy (non-hydrogen) atoms. The molecule has 1 aromatic heterocycles. The number of aryl methyl sites for hydroxylation is 2. The smallest absolute Gasteiger partial charge is 0.142 e. The molecule has 0 spiro atoms. The van der Waals surface area contributed by atoms with Crippen molar-refractivity contribution in [2.45, 2.75) is 27.3 Å². The van der Waals surface area contributed by atoms with Crippen LogP contribution in [0.5, 0.6) is 0 Å². The molecular weight excluding hydrogens is 164 g/mol. The Balaban J connectivity index is 3.12. The molecular formula is C10H14N2O. The highest BCUT2D eigenvalue weighted by atomic mass is 16.1. The van der Waals surface area contributed by atoms with E-state index in [1.165, 1.54) is 6.08 Å². The Hall–Kier alpha value is -1.38. The maximum absolute atomic E-state index is 10.2. The van der Waals surface area contributed by atoms with Gasteiger partial charge < -0.3 is 0 Å². The average molecular weight is 178 g/mol. The Bertz CT molecular complexity index is 337. The van der Waals surface area contributed by atoms with E-state index in [0.717, 1.165) is 29.8 Å². The molecule has 0 N–H and O–H groups in total. The van der Waals surface area contributed by atoms with Gasteiger partial charge in [-0.1, -0.05) is 0 Å². The van der Waals surface area contributed by atoms with E-state index in [1.54, 1.807) is 6.08 Å². The SMILES string of the molecule is CCn1nc(C)c(/C=C/C=O)c1C. The molecule has 0 fully saturated rings. The van der Waals surface area contributed by atoms with Gasteiger partial charge in [-0.15, -0.1) is 0 Å². The number of hydrogen-bond donors (Lipinski definition) is 0. The lowest BCUT2D eigenvalue weighted by Gasteiger charge is -1.97. The summed E-state index contributed by atoms with van der Waals surface area (Å²) < 4.78 is 1.93. The van der Waals surface area contributed by atoms with Gasteiger partial charge in [-0.2, -0.15) is 5.10 Å². The van der Waals surface area contributed by atoms with Crippen molar-refractivity contribution in [3.8, 4) is 0 Å². The van der Waals surface area contributed by atoms with Crippen molar-refractivity contribution < 1.29 is 4.79 Å². The number of carbonyl (C=O) groups excluding carboxylic acids is 1. The normalized spacial score (nSPS) is 11.0. The second-order valence-corrected chi connectivity index (χ2v) is 2.90. The number of allylic oxidation sites excluding steroid dienone is 1. The summed E-state index contributed by atoms with van der Waals surface area (Å²) in [4.78, 5) is 10.2. The van der Waals surface area contributed by atoms with Gasteiger partial charge in [-0.05, 0) is 32.9 Å². The average Bonchev–Trinajstić information content (AvgIpc) is 2.39. The monoisotopic (exact) mass is 178 g/mol. The van der Waals surface area contributed by atoms with Crippen LogP contribution in [0.3, 0.4) is 0 Å². The molecule has 0 atom stereocenters. The van der Waals surface area contributed by atoms with Crippen molar-refractivity contribution >= 4 is 12.4 Å². The van der Waals surface area contributed by atoms with Crippen LogP contribution in [0.15, 0.2) is 6.08 Å². The van der Waals surface area contributed by atoms with Gasteiger partial charge in [-0.3, -0.25) is 9.48 Å². The van der Waals surface area contributed by atoms with E-state index in [-0.39, 0.29) is 0 Å². The van der Waals surface area contributed by atoms with Crippen LogP contribution in [-0.2, 0) is 11.3 Å². The van der Waals surface area contributed by atoms with E-state index in [9.17, 15) is 4.79 Å². The number of aldehydes is 1. The molecule has 0 aliphatic carbocycles. The molecule has 1 aromatic rings. The minimum absolute atomic E-state index is 0.780. The van der Waals surface area contributed by atoms with Gasteiger partial charge in [0.05, 0.1) is 5.69 Å². The molecule has 3 nitrogen and oxygen atoms in total. The first-order valence-electron chi connectivity index (χ1n) is 4.36. The highest BCUT2D eigenvalue weighted by Gasteiger charge is 2.06. The van der Waals surface area contributed by atoms with Crippen LogP contribution in [0.25, 0.3) is 6.08 Å². The molecule has 0 aliphatic rings. The topological polar surface area (TPSA) is 34.9 Å². The van der Waals surface area contributed by atoms with Crippen molar-refractivity contribution in [2.24, 2.45) is 0 Å². The van der Waals surface area contributed by atoms with Gasteiger partial charge in [0.2, 0.25) is 0 Å². The lowest BCUT2D eigenvalue weighted by Crippen LogP contribution is -1.98. The molecule has 70 valence electrons. The molecule has 3 heteroatoms. The third-order valence-electron chi connectivity index (χ3n) is 2.08. The lowest BCUT2D eigenvalue weighted by atomic mass is 10.2. The van der Waals surface area contributed by atoms with Gasteiger partial charge in [0.25, 0.3) is 0 Å². The molecule has 0 radical (unpaired) electrons. The number of aromatic nitrogens is 2. The fraction of sp³-hybridized carbons (Fsp3) is 0.400. The summed E-state index contributed by atoms with van der Waals surface area (Å²) in [6.07, 6.45) is 4.08. The summed E-state index contributed by atoms with van der Waals surface area (Å²) in [5, 5.41) is 4.33. The van der Waals surface area contributed by atoms with E-state index in [4.69, 9.17) is 0 Å².